The van der Waals surface area contributed by atoms with Gasteiger partial charge in [0.2, 0.25) is 5.91 Å². The van der Waals surface area contributed by atoms with Crippen LogP contribution in [0.2, 0.25) is 5.02 Å². The molecular formula is C17H21ClN4O3S. The second-order valence-electron chi connectivity index (χ2n) is 6.13. The lowest BCUT2D eigenvalue weighted by Crippen LogP contribution is -2.31. The summed E-state index contributed by atoms with van der Waals surface area (Å²) in [4.78, 5) is 24.4. The third-order valence-electron chi connectivity index (χ3n) is 4.20. The number of hydrogen-bond donors (Lipinski definition) is 2. The second kappa shape index (κ2) is 8.75. The van der Waals surface area contributed by atoms with Crippen molar-refractivity contribution in [1.82, 2.24) is 20.1 Å². The molecule has 1 aromatic carbocycles. The Bertz CT molecular complexity index is 816. The van der Waals surface area contributed by atoms with Crippen LogP contribution in [0.5, 0.6) is 0 Å². The van der Waals surface area contributed by atoms with Crippen LogP contribution < -0.4 is 11.0 Å². The highest BCUT2D eigenvalue weighted by Gasteiger charge is 2.22. The highest BCUT2D eigenvalue weighted by Crippen LogP contribution is 2.22. The van der Waals surface area contributed by atoms with Crippen molar-refractivity contribution in [1.29, 1.82) is 0 Å². The zero-order chi connectivity index (χ0) is 18.5. The standard InChI is InChI=1S/C17H21ClN4O3S/c1-11(15(23)19-9-12-5-2-3-7-14(12)18)26-17-21-20-16(24)22(17)10-13-6-4-8-25-13/h2-3,5,7,11,13H,4,6,8-10H2,1H3,(H,19,23)(H,20,24)/t11-,13+/m1/s1. The number of carbonyl (C=O) groups excluding carboxylic acids is 1. The lowest BCUT2D eigenvalue weighted by Gasteiger charge is -2.14. The molecule has 9 heteroatoms. The Balaban J connectivity index is 1.59. The first-order valence-corrected chi connectivity index (χ1v) is 9.75. The molecule has 0 spiro atoms. The molecule has 1 saturated heterocycles. The van der Waals surface area contributed by atoms with Crippen molar-refractivity contribution in [2.45, 2.75) is 49.4 Å². The molecule has 0 bridgehead atoms. The summed E-state index contributed by atoms with van der Waals surface area (Å²) < 4.78 is 7.13. The first-order chi connectivity index (χ1) is 12.5. The van der Waals surface area contributed by atoms with E-state index in [0.717, 1.165) is 25.0 Å². The number of aromatic nitrogens is 3. The molecule has 2 N–H and O–H groups in total. The van der Waals surface area contributed by atoms with E-state index in [1.165, 1.54) is 11.8 Å². The summed E-state index contributed by atoms with van der Waals surface area (Å²) in [7, 11) is 0. The first-order valence-electron chi connectivity index (χ1n) is 8.49. The van der Waals surface area contributed by atoms with Gasteiger partial charge in [0.25, 0.3) is 0 Å². The van der Waals surface area contributed by atoms with Gasteiger partial charge in [0.05, 0.1) is 17.9 Å². The highest BCUT2D eigenvalue weighted by molar-refractivity contribution is 8.00. The lowest BCUT2D eigenvalue weighted by molar-refractivity contribution is -0.120. The summed E-state index contributed by atoms with van der Waals surface area (Å²) >= 11 is 7.34. The Morgan fingerprint density at radius 2 is 2.35 bits per heavy atom. The molecule has 1 aromatic heterocycles. The second-order valence-corrected chi connectivity index (χ2v) is 7.84. The van der Waals surface area contributed by atoms with Gasteiger partial charge in [0, 0.05) is 18.2 Å². The molecule has 1 fully saturated rings. The highest BCUT2D eigenvalue weighted by atomic mass is 35.5. The van der Waals surface area contributed by atoms with Crippen LogP contribution >= 0.6 is 23.4 Å². The third kappa shape index (κ3) is 4.69. The summed E-state index contributed by atoms with van der Waals surface area (Å²) in [6, 6.07) is 7.37. The average molecular weight is 397 g/mol. The average Bonchev–Trinajstić information content (AvgIpc) is 3.26. The predicted octanol–water partition coefficient (Wildman–Crippen LogP) is 2.20. The largest absolute Gasteiger partial charge is 0.376 e. The van der Waals surface area contributed by atoms with Crippen LogP contribution in [0.15, 0.2) is 34.2 Å². The van der Waals surface area contributed by atoms with Gasteiger partial charge in [-0.2, -0.15) is 0 Å². The van der Waals surface area contributed by atoms with E-state index in [0.29, 0.717) is 23.3 Å². The van der Waals surface area contributed by atoms with E-state index < -0.39 is 5.25 Å². The number of thioether (sulfide) groups is 1. The van der Waals surface area contributed by atoms with Crippen LogP contribution in [-0.2, 0) is 22.6 Å². The fourth-order valence-electron chi connectivity index (χ4n) is 2.73. The Morgan fingerprint density at radius 1 is 1.54 bits per heavy atom. The Kier molecular flexibility index (Phi) is 6.39. The van der Waals surface area contributed by atoms with Crippen LogP contribution in [0.1, 0.15) is 25.3 Å². The molecule has 2 aromatic rings. The summed E-state index contributed by atoms with van der Waals surface area (Å²) in [5, 5.41) is 10.1. The van der Waals surface area contributed by atoms with Crippen LogP contribution in [0, 0.1) is 0 Å². The number of carbonyl (C=O) groups is 1. The van der Waals surface area contributed by atoms with Gasteiger partial charge in [-0.15, -0.1) is 5.10 Å². The van der Waals surface area contributed by atoms with E-state index in [1.54, 1.807) is 17.6 Å². The number of rotatable bonds is 7. The van der Waals surface area contributed by atoms with Crippen molar-refractivity contribution >= 4 is 29.3 Å². The van der Waals surface area contributed by atoms with Gasteiger partial charge in [-0.05, 0) is 31.4 Å². The summed E-state index contributed by atoms with van der Waals surface area (Å²) in [6.45, 7) is 3.31. The zero-order valence-electron chi connectivity index (χ0n) is 14.4. The molecular weight excluding hydrogens is 376 g/mol. The molecule has 0 saturated carbocycles. The molecule has 7 nitrogen and oxygen atoms in total. The van der Waals surface area contributed by atoms with Gasteiger partial charge in [-0.25, -0.2) is 9.89 Å². The first kappa shape index (κ1) is 19.0. The van der Waals surface area contributed by atoms with E-state index in [2.05, 4.69) is 15.5 Å². The van der Waals surface area contributed by atoms with E-state index >= 15 is 0 Å². The van der Waals surface area contributed by atoms with Gasteiger partial charge < -0.3 is 10.1 Å². The number of nitrogens with zero attached hydrogens (tertiary/aromatic N) is 2. The molecule has 3 rings (SSSR count). The zero-order valence-corrected chi connectivity index (χ0v) is 16.0. The number of hydrogen-bond acceptors (Lipinski definition) is 5. The SMILES string of the molecule is C[C@@H](Sc1n[nH]c(=O)n1C[C@@H]1CCCO1)C(=O)NCc1ccccc1Cl. The predicted molar refractivity (Wildman–Crippen MR) is 100 cm³/mol. The molecule has 1 aliphatic rings. The van der Waals surface area contributed by atoms with E-state index in [4.69, 9.17) is 16.3 Å². The minimum absolute atomic E-state index is 0.0222. The van der Waals surface area contributed by atoms with Crippen molar-refractivity contribution in [3.63, 3.8) is 0 Å². The van der Waals surface area contributed by atoms with Crippen molar-refractivity contribution in [3.8, 4) is 0 Å². The molecule has 140 valence electrons. The monoisotopic (exact) mass is 396 g/mol. The molecule has 2 atom stereocenters. The maximum Gasteiger partial charge on any atom is 0.344 e. The fourth-order valence-corrected chi connectivity index (χ4v) is 3.82. The van der Waals surface area contributed by atoms with Crippen LogP contribution in [0.4, 0.5) is 0 Å². The number of H-pyrrole nitrogens is 1. The lowest BCUT2D eigenvalue weighted by atomic mass is 10.2. The fraction of sp³-hybridized carbons (Fsp3) is 0.471. The van der Waals surface area contributed by atoms with E-state index in [1.807, 2.05) is 18.2 Å². The number of ether oxygens (including phenoxy) is 1. The van der Waals surface area contributed by atoms with Crippen molar-refractivity contribution in [3.05, 3.63) is 45.3 Å². The minimum Gasteiger partial charge on any atom is -0.376 e. The van der Waals surface area contributed by atoms with Crippen molar-refractivity contribution in [2.24, 2.45) is 0 Å². The summed E-state index contributed by atoms with van der Waals surface area (Å²) in [5.41, 5.74) is 0.571. The summed E-state index contributed by atoms with van der Waals surface area (Å²) in [6.07, 6.45) is 1.95. The van der Waals surface area contributed by atoms with Gasteiger partial charge in [-0.1, -0.05) is 41.6 Å². The van der Waals surface area contributed by atoms with E-state index in [-0.39, 0.29) is 17.7 Å². The normalized spacial score (nSPS) is 18.0. The quantitative estimate of drug-likeness (QED) is 0.700. The van der Waals surface area contributed by atoms with Crippen LogP contribution in [0.3, 0.4) is 0 Å². The number of benzene rings is 1. The molecule has 0 unspecified atom stereocenters. The maximum absolute atomic E-state index is 12.4. The number of aromatic amines is 1. The van der Waals surface area contributed by atoms with Crippen molar-refractivity contribution in [2.75, 3.05) is 6.61 Å². The van der Waals surface area contributed by atoms with E-state index in [9.17, 15) is 9.59 Å². The molecule has 1 amide bonds. The smallest absolute Gasteiger partial charge is 0.344 e. The Labute approximate surface area is 160 Å². The van der Waals surface area contributed by atoms with Gasteiger partial charge in [0.1, 0.15) is 0 Å². The maximum atomic E-state index is 12.4. The van der Waals surface area contributed by atoms with Gasteiger partial charge in [0.15, 0.2) is 5.16 Å². The Hall–Kier alpha value is -1.77. The molecule has 0 radical (unpaired) electrons. The molecule has 0 aliphatic carbocycles. The minimum atomic E-state index is -0.407. The number of halogens is 1. The Morgan fingerprint density at radius 3 is 3.08 bits per heavy atom. The van der Waals surface area contributed by atoms with Crippen LogP contribution in [-0.4, -0.2) is 38.6 Å². The van der Waals surface area contributed by atoms with Crippen LogP contribution in [0.25, 0.3) is 0 Å². The van der Waals surface area contributed by atoms with Crippen molar-refractivity contribution < 1.29 is 9.53 Å². The molecule has 2 heterocycles. The summed E-state index contributed by atoms with van der Waals surface area (Å²) in [5.74, 6) is -0.144. The molecule has 26 heavy (non-hydrogen) atoms. The third-order valence-corrected chi connectivity index (χ3v) is 5.65. The molecule has 1 aliphatic heterocycles. The number of nitrogens with one attached hydrogen (secondary N) is 2. The topological polar surface area (TPSA) is 89.0 Å². The van der Waals surface area contributed by atoms with Gasteiger partial charge in [-0.3, -0.25) is 9.36 Å². The number of amides is 1. The van der Waals surface area contributed by atoms with Gasteiger partial charge >= 0.3 is 5.69 Å².